The molecule has 0 spiro atoms. The van der Waals surface area contributed by atoms with Crippen LogP contribution in [0, 0.1) is 5.92 Å². The number of amides is 1. The minimum atomic E-state index is -3.28. The molecular weight excluding hydrogens is 266 g/mol. The number of sulfonamides is 1. The number of carbonyl (C=O) groups is 1. The van der Waals surface area contributed by atoms with Gasteiger partial charge in [0.15, 0.2) is 0 Å². The van der Waals surface area contributed by atoms with E-state index in [4.69, 9.17) is 0 Å². The number of hydrogen-bond donors (Lipinski definition) is 3. The lowest BCUT2D eigenvalue weighted by Crippen LogP contribution is -2.37. The second kappa shape index (κ2) is 7.81. The zero-order valence-corrected chi connectivity index (χ0v) is 12.6. The summed E-state index contributed by atoms with van der Waals surface area (Å²) in [5.74, 6) is 0.450. The van der Waals surface area contributed by atoms with Crippen LogP contribution in [0.4, 0.5) is 0 Å². The Bertz CT molecular complexity index is 376. The van der Waals surface area contributed by atoms with E-state index in [1.165, 1.54) is 0 Å². The van der Waals surface area contributed by atoms with E-state index in [9.17, 15) is 13.2 Å². The van der Waals surface area contributed by atoms with Gasteiger partial charge in [-0.3, -0.25) is 4.79 Å². The molecule has 1 heterocycles. The first-order chi connectivity index (χ1) is 8.89. The molecule has 1 aliphatic rings. The van der Waals surface area contributed by atoms with Crippen LogP contribution in [0.1, 0.15) is 33.1 Å². The van der Waals surface area contributed by atoms with Crippen molar-refractivity contribution in [2.75, 3.05) is 25.4 Å². The number of carbonyl (C=O) groups excluding carboxylic acids is 1. The second-order valence-corrected chi connectivity index (χ2v) is 7.21. The average molecular weight is 291 g/mol. The Morgan fingerprint density at radius 3 is 2.74 bits per heavy atom. The van der Waals surface area contributed by atoms with Gasteiger partial charge in [-0.1, -0.05) is 0 Å². The van der Waals surface area contributed by atoms with Crippen molar-refractivity contribution < 1.29 is 13.2 Å². The van der Waals surface area contributed by atoms with Gasteiger partial charge in [0.2, 0.25) is 15.9 Å². The molecule has 6 nitrogen and oxygen atoms in total. The quantitative estimate of drug-likeness (QED) is 0.579. The fourth-order valence-corrected chi connectivity index (χ4v) is 3.33. The van der Waals surface area contributed by atoms with Gasteiger partial charge in [-0.05, 0) is 45.7 Å². The number of hydrogen-bond acceptors (Lipinski definition) is 4. The Labute approximate surface area is 115 Å². The van der Waals surface area contributed by atoms with Gasteiger partial charge in [0.25, 0.3) is 0 Å². The minimum absolute atomic E-state index is 0.0633. The molecule has 0 aromatic rings. The van der Waals surface area contributed by atoms with Crippen molar-refractivity contribution in [3.63, 3.8) is 0 Å². The van der Waals surface area contributed by atoms with E-state index in [1.54, 1.807) is 13.8 Å². The summed E-state index contributed by atoms with van der Waals surface area (Å²) >= 11 is 0. The van der Waals surface area contributed by atoms with Gasteiger partial charge in [-0.2, -0.15) is 0 Å². The first-order valence-electron chi connectivity index (χ1n) is 6.86. The minimum Gasteiger partial charge on any atom is -0.355 e. The van der Waals surface area contributed by atoms with Gasteiger partial charge < -0.3 is 10.6 Å². The van der Waals surface area contributed by atoms with Gasteiger partial charge in [0.1, 0.15) is 0 Å². The van der Waals surface area contributed by atoms with Gasteiger partial charge in [-0.15, -0.1) is 0 Å². The molecule has 1 amide bonds. The normalized spacial score (nSPS) is 19.8. The Balaban J connectivity index is 2.12. The van der Waals surface area contributed by atoms with Crippen LogP contribution in [0.2, 0.25) is 0 Å². The highest BCUT2D eigenvalue weighted by Crippen LogP contribution is 2.13. The van der Waals surface area contributed by atoms with E-state index in [0.29, 0.717) is 12.3 Å². The monoisotopic (exact) mass is 291 g/mol. The Morgan fingerprint density at radius 2 is 2.16 bits per heavy atom. The number of nitrogens with one attached hydrogen (secondary N) is 3. The zero-order valence-electron chi connectivity index (χ0n) is 11.7. The highest BCUT2D eigenvalue weighted by molar-refractivity contribution is 7.89. The van der Waals surface area contributed by atoms with E-state index >= 15 is 0 Å². The van der Waals surface area contributed by atoms with Gasteiger partial charge >= 0.3 is 0 Å². The molecule has 1 atom stereocenters. The third-order valence-corrected chi connectivity index (χ3v) is 4.62. The van der Waals surface area contributed by atoms with Crippen molar-refractivity contribution >= 4 is 15.9 Å². The van der Waals surface area contributed by atoms with Crippen LogP contribution in [-0.4, -0.2) is 45.8 Å². The van der Waals surface area contributed by atoms with E-state index in [1.807, 2.05) is 0 Å². The van der Waals surface area contributed by atoms with Crippen LogP contribution >= 0.6 is 0 Å². The molecule has 1 unspecified atom stereocenters. The fourth-order valence-electron chi connectivity index (χ4n) is 2.13. The molecule has 1 fully saturated rings. The topological polar surface area (TPSA) is 87.3 Å². The summed E-state index contributed by atoms with van der Waals surface area (Å²) in [6.07, 6.45) is 2.47. The Hall–Kier alpha value is -0.660. The Kier molecular flexibility index (Phi) is 6.74. The largest absolute Gasteiger partial charge is 0.355 e. The smallest absolute Gasteiger partial charge is 0.220 e. The first kappa shape index (κ1) is 16.4. The lowest BCUT2D eigenvalue weighted by Gasteiger charge is -2.11. The van der Waals surface area contributed by atoms with E-state index in [2.05, 4.69) is 15.4 Å². The first-order valence-corrected chi connectivity index (χ1v) is 8.51. The highest BCUT2D eigenvalue weighted by atomic mass is 32.2. The van der Waals surface area contributed by atoms with Crippen molar-refractivity contribution in [3.05, 3.63) is 0 Å². The summed E-state index contributed by atoms with van der Waals surface area (Å²) in [7, 11) is -3.28. The van der Waals surface area contributed by atoms with Crippen molar-refractivity contribution in [2.45, 2.75) is 39.2 Å². The summed E-state index contributed by atoms with van der Waals surface area (Å²) in [4.78, 5) is 11.6. The summed E-state index contributed by atoms with van der Waals surface area (Å²) in [6.45, 7) is 5.73. The van der Waals surface area contributed by atoms with Gasteiger partial charge in [-0.25, -0.2) is 13.1 Å². The summed E-state index contributed by atoms with van der Waals surface area (Å²) in [6, 6.07) is -0.115. The zero-order chi connectivity index (χ0) is 14.3. The van der Waals surface area contributed by atoms with Gasteiger partial charge in [0, 0.05) is 19.0 Å². The molecule has 1 saturated heterocycles. The van der Waals surface area contributed by atoms with Crippen molar-refractivity contribution in [2.24, 2.45) is 5.92 Å². The van der Waals surface area contributed by atoms with Crippen LogP contribution < -0.4 is 15.4 Å². The molecule has 112 valence electrons. The molecule has 0 aromatic heterocycles. The van der Waals surface area contributed by atoms with Crippen LogP contribution in [0.25, 0.3) is 0 Å². The third kappa shape index (κ3) is 7.49. The van der Waals surface area contributed by atoms with Gasteiger partial charge in [0.05, 0.1) is 5.75 Å². The maximum absolute atomic E-state index is 11.6. The molecule has 7 heteroatoms. The standard InChI is InChI=1S/C12H25N3O3S/c1-10(2)15-19(17,18)8-7-14-12(16)4-3-11-5-6-13-9-11/h10-11,13,15H,3-9H2,1-2H3,(H,14,16). The molecule has 0 bridgehead atoms. The van der Waals surface area contributed by atoms with E-state index in [0.717, 1.165) is 25.9 Å². The summed E-state index contributed by atoms with van der Waals surface area (Å²) in [5, 5.41) is 5.92. The lowest BCUT2D eigenvalue weighted by atomic mass is 10.0. The molecule has 0 aromatic carbocycles. The summed E-state index contributed by atoms with van der Waals surface area (Å²) < 4.78 is 25.5. The van der Waals surface area contributed by atoms with Crippen molar-refractivity contribution in [3.8, 4) is 0 Å². The molecule has 0 aliphatic carbocycles. The van der Waals surface area contributed by atoms with Crippen LogP contribution in [0.3, 0.4) is 0 Å². The molecule has 3 N–H and O–H groups in total. The van der Waals surface area contributed by atoms with E-state index in [-0.39, 0.29) is 24.2 Å². The van der Waals surface area contributed by atoms with Crippen molar-refractivity contribution in [1.29, 1.82) is 0 Å². The number of rotatable bonds is 8. The van der Waals surface area contributed by atoms with Crippen LogP contribution in [-0.2, 0) is 14.8 Å². The highest BCUT2D eigenvalue weighted by Gasteiger charge is 2.16. The van der Waals surface area contributed by atoms with Crippen LogP contribution in [0.5, 0.6) is 0 Å². The van der Waals surface area contributed by atoms with Crippen molar-refractivity contribution in [1.82, 2.24) is 15.4 Å². The predicted molar refractivity (Wildman–Crippen MR) is 75.3 cm³/mol. The molecular formula is C12H25N3O3S. The average Bonchev–Trinajstić information content (AvgIpc) is 2.76. The van der Waals surface area contributed by atoms with E-state index < -0.39 is 10.0 Å². The second-order valence-electron chi connectivity index (χ2n) is 5.34. The maximum Gasteiger partial charge on any atom is 0.220 e. The Morgan fingerprint density at radius 1 is 1.42 bits per heavy atom. The molecule has 1 aliphatic heterocycles. The molecule has 1 rings (SSSR count). The predicted octanol–water partition coefficient (Wildman–Crippen LogP) is -0.180. The SMILES string of the molecule is CC(C)NS(=O)(=O)CCNC(=O)CCC1CCNC1. The molecule has 0 saturated carbocycles. The summed E-state index contributed by atoms with van der Waals surface area (Å²) in [5.41, 5.74) is 0. The fraction of sp³-hybridized carbons (Fsp3) is 0.917. The third-order valence-electron chi connectivity index (χ3n) is 3.05. The molecule has 0 radical (unpaired) electrons. The molecule has 19 heavy (non-hydrogen) atoms. The van der Waals surface area contributed by atoms with Crippen LogP contribution in [0.15, 0.2) is 0 Å². The lowest BCUT2D eigenvalue weighted by molar-refractivity contribution is -0.121. The maximum atomic E-state index is 11.6.